The maximum Gasteiger partial charge on any atom is 0.257 e. The molecule has 0 fully saturated rings. The first kappa shape index (κ1) is 18.7. The van der Waals surface area contributed by atoms with Crippen LogP contribution in [-0.2, 0) is 0 Å². The number of carbonyl (C=O) groups is 1. The standard InChI is InChI=1S/C21H20ClN3O2/c1-14(15-6-4-3-5-7-15)24-20-11-8-16(13-23-20)21(26)25-18-12-17(22)9-10-19(18)27-2/h3-14H,1-2H3,(H,23,24)(H,25,26). The monoisotopic (exact) mass is 381 g/mol. The zero-order chi connectivity index (χ0) is 19.2. The molecule has 2 N–H and O–H groups in total. The van der Waals surface area contributed by atoms with E-state index < -0.39 is 0 Å². The van der Waals surface area contributed by atoms with Crippen molar-refractivity contribution in [2.75, 3.05) is 17.7 Å². The normalized spacial score (nSPS) is 11.5. The van der Waals surface area contributed by atoms with Crippen LogP contribution in [-0.4, -0.2) is 18.0 Å². The van der Waals surface area contributed by atoms with Crippen molar-refractivity contribution < 1.29 is 9.53 Å². The molecule has 0 radical (unpaired) electrons. The third-order valence-electron chi connectivity index (χ3n) is 4.10. The fourth-order valence-corrected chi connectivity index (χ4v) is 2.80. The predicted octanol–water partition coefficient (Wildman–Crippen LogP) is 5.17. The van der Waals surface area contributed by atoms with Gasteiger partial charge in [0.05, 0.1) is 18.4 Å². The van der Waals surface area contributed by atoms with Crippen LogP contribution in [0.2, 0.25) is 5.02 Å². The van der Waals surface area contributed by atoms with Gasteiger partial charge in [-0.2, -0.15) is 0 Å². The Balaban J connectivity index is 1.68. The molecule has 0 aliphatic carbocycles. The number of ether oxygens (including phenoxy) is 1. The first-order valence-electron chi connectivity index (χ1n) is 8.49. The number of pyridine rings is 1. The van der Waals surface area contributed by atoms with Gasteiger partial charge in [0.25, 0.3) is 5.91 Å². The van der Waals surface area contributed by atoms with E-state index in [0.29, 0.717) is 27.8 Å². The smallest absolute Gasteiger partial charge is 0.257 e. The van der Waals surface area contributed by atoms with Gasteiger partial charge in [0, 0.05) is 17.3 Å². The molecule has 1 aromatic heterocycles. The zero-order valence-corrected chi connectivity index (χ0v) is 15.8. The van der Waals surface area contributed by atoms with Gasteiger partial charge in [0.1, 0.15) is 11.6 Å². The minimum Gasteiger partial charge on any atom is -0.495 e. The van der Waals surface area contributed by atoms with Crippen molar-refractivity contribution in [2.45, 2.75) is 13.0 Å². The highest BCUT2D eigenvalue weighted by molar-refractivity contribution is 6.31. The summed E-state index contributed by atoms with van der Waals surface area (Å²) in [6.45, 7) is 2.06. The number of rotatable bonds is 6. The summed E-state index contributed by atoms with van der Waals surface area (Å²) in [7, 11) is 1.54. The number of amides is 1. The molecule has 1 unspecified atom stereocenters. The summed E-state index contributed by atoms with van der Waals surface area (Å²) < 4.78 is 5.24. The quantitative estimate of drug-likeness (QED) is 0.618. The summed E-state index contributed by atoms with van der Waals surface area (Å²) in [6.07, 6.45) is 1.53. The summed E-state index contributed by atoms with van der Waals surface area (Å²) in [5.74, 6) is 0.949. The van der Waals surface area contributed by atoms with Crippen molar-refractivity contribution in [3.05, 3.63) is 83.0 Å². The van der Waals surface area contributed by atoms with E-state index >= 15 is 0 Å². The number of nitrogens with zero attached hydrogens (tertiary/aromatic N) is 1. The van der Waals surface area contributed by atoms with Crippen LogP contribution in [0.15, 0.2) is 66.9 Å². The van der Waals surface area contributed by atoms with Crippen molar-refractivity contribution >= 4 is 29.0 Å². The molecule has 3 aromatic rings. The maximum absolute atomic E-state index is 12.5. The lowest BCUT2D eigenvalue weighted by Crippen LogP contribution is -2.14. The largest absolute Gasteiger partial charge is 0.495 e. The lowest BCUT2D eigenvalue weighted by molar-refractivity contribution is 0.102. The van der Waals surface area contributed by atoms with Crippen molar-refractivity contribution in [3.8, 4) is 5.75 Å². The molecule has 27 heavy (non-hydrogen) atoms. The third-order valence-corrected chi connectivity index (χ3v) is 4.33. The summed E-state index contributed by atoms with van der Waals surface area (Å²) >= 11 is 6.00. The number of anilines is 2. The fourth-order valence-electron chi connectivity index (χ4n) is 2.63. The Kier molecular flexibility index (Phi) is 5.94. The number of aromatic nitrogens is 1. The number of hydrogen-bond acceptors (Lipinski definition) is 4. The minimum atomic E-state index is -0.286. The van der Waals surface area contributed by atoms with Crippen LogP contribution in [0.1, 0.15) is 28.9 Å². The molecule has 6 heteroatoms. The molecule has 0 bridgehead atoms. The summed E-state index contributed by atoms with van der Waals surface area (Å²) in [6, 6.07) is 18.7. The Labute approximate surface area is 163 Å². The Morgan fingerprint density at radius 2 is 1.89 bits per heavy atom. The van der Waals surface area contributed by atoms with E-state index in [2.05, 4.69) is 34.7 Å². The molecule has 138 valence electrons. The fraction of sp³-hybridized carbons (Fsp3) is 0.143. The summed E-state index contributed by atoms with van der Waals surface area (Å²) in [4.78, 5) is 16.8. The van der Waals surface area contributed by atoms with Gasteiger partial charge in [-0.3, -0.25) is 4.79 Å². The molecule has 5 nitrogen and oxygen atoms in total. The van der Waals surface area contributed by atoms with Crippen molar-refractivity contribution in [2.24, 2.45) is 0 Å². The number of nitrogens with one attached hydrogen (secondary N) is 2. The SMILES string of the molecule is COc1ccc(Cl)cc1NC(=O)c1ccc(NC(C)c2ccccc2)nc1. The number of halogens is 1. The van der Waals surface area contributed by atoms with Crippen LogP contribution in [0.3, 0.4) is 0 Å². The molecule has 1 amide bonds. The van der Waals surface area contributed by atoms with Crippen LogP contribution in [0.4, 0.5) is 11.5 Å². The number of benzene rings is 2. The number of carbonyl (C=O) groups excluding carboxylic acids is 1. The second-order valence-corrected chi connectivity index (χ2v) is 6.44. The molecular weight excluding hydrogens is 362 g/mol. The Hall–Kier alpha value is -3.05. The second kappa shape index (κ2) is 8.56. The van der Waals surface area contributed by atoms with E-state index in [1.54, 1.807) is 30.3 Å². The zero-order valence-electron chi connectivity index (χ0n) is 15.1. The average Bonchev–Trinajstić information content (AvgIpc) is 2.69. The van der Waals surface area contributed by atoms with E-state index in [1.165, 1.54) is 13.3 Å². The van der Waals surface area contributed by atoms with E-state index in [4.69, 9.17) is 16.3 Å². The lowest BCUT2D eigenvalue weighted by Gasteiger charge is -2.15. The topological polar surface area (TPSA) is 63.2 Å². The van der Waals surface area contributed by atoms with Crippen molar-refractivity contribution in [1.82, 2.24) is 4.98 Å². The molecule has 0 aliphatic heterocycles. The van der Waals surface area contributed by atoms with E-state index in [-0.39, 0.29) is 11.9 Å². The first-order chi connectivity index (χ1) is 13.1. The van der Waals surface area contributed by atoms with E-state index in [0.717, 1.165) is 5.56 Å². The van der Waals surface area contributed by atoms with Crippen LogP contribution in [0.5, 0.6) is 5.75 Å². The van der Waals surface area contributed by atoms with Gasteiger partial charge in [0.2, 0.25) is 0 Å². The van der Waals surface area contributed by atoms with Crippen LogP contribution in [0, 0.1) is 0 Å². The van der Waals surface area contributed by atoms with Gasteiger partial charge in [-0.15, -0.1) is 0 Å². The molecule has 0 saturated carbocycles. The van der Waals surface area contributed by atoms with Gasteiger partial charge < -0.3 is 15.4 Å². The first-order valence-corrected chi connectivity index (χ1v) is 8.87. The maximum atomic E-state index is 12.5. The Bertz CT molecular complexity index is 914. The molecule has 1 atom stereocenters. The van der Waals surface area contributed by atoms with E-state index in [9.17, 15) is 4.79 Å². The van der Waals surface area contributed by atoms with Crippen LogP contribution < -0.4 is 15.4 Å². The molecule has 2 aromatic carbocycles. The number of hydrogen-bond donors (Lipinski definition) is 2. The molecule has 0 spiro atoms. The van der Waals surface area contributed by atoms with Crippen LogP contribution in [0.25, 0.3) is 0 Å². The van der Waals surface area contributed by atoms with Crippen LogP contribution >= 0.6 is 11.6 Å². The second-order valence-electron chi connectivity index (χ2n) is 6.01. The predicted molar refractivity (Wildman–Crippen MR) is 109 cm³/mol. The Morgan fingerprint density at radius 1 is 1.11 bits per heavy atom. The van der Waals surface area contributed by atoms with Crippen molar-refractivity contribution in [1.29, 1.82) is 0 Å². The Morgan fingerprint density at radius 3 is 2.56 bits per heavy atom. The van der Waals surface area contributed by atoms with Gasteiger partial charge in [0.15, 0.2) is 0 Å². The summed E-state index contributed by atoms with van der Waals surface area (Å²) in [5, 5.41) is 6.63. The van der Waals surface area contributed by atoms with Crippen molar-refractivity contribution in [3.63, 3.8) is 0 Å². The summed E-state index contributed by atoms with van der Waals surface area (Å²) in [5.41, 5.74) is 2.11. The molecule has 3 rings (SSSR count). The molecule has 0 saturated heterocycles. The average molecular weight is 382 g/mol. The molecule has 1 heterocycles. The highest BCUT2D eigenvalue weighted by atomic mass is 35.5. The van der Waals surface area contributed by atoms with Gasteiger partial charge in [-0.05, 0) is 42.8 Å². The lowest BCUT2D eigenvalue weighted by atomic mass is 10.1. The van der Waals surface area contributed by atoms with Gasteiger partial charge >= 0.3 is 0 Å². The van der Waals surface area contributed by atoms with E-state index in [1.807, 2.05) is 18.2 Å². The van der Waals surface area contributed by atoms with Gasteiger partial charge in [-0.25, -0.2) is 4.98 Å². The highest BCUT2D eigenvalue weighted by Gasteiger charge is 2.12. The third kappa shape index (κ3) is 4.77. The highest BCUT2D eigenvalue weighted by Crippen LogP contribution is 2.28. The minimum absolute atomic E-state index is 0.106. The van der Waals surface area contributed by atoms with Gasteiger partial charge in [-0.1, -0.05) is 41.9 Å². The number of methoxy groups -OCH3 is 1. The molecular formula is C21H20ClN3O2. The molecule has 0 aliphatic rings.